The van der Waals surface area contributed by atoms with Crippen molar-refractivity contribution in [2.24, 2.45) is 0 Å². The van der Waals surface area contributed by atoms with Gasteiger partial charge in [-0.05, 0) is 84.5 Å². The Labute approximate surface area is 194 Å². The normalized spacial score (nSPS) is 14.3. The number of hydrogen-bond donors (Lipinski definition) is 2. The molecular formula is C23H23N7O2S. The number of aliphatic hydroxyl groups excluding tert-OH is 1. The number of nitrogens with zero attached hydrogens (tertiary/aromatic N) is 6. The molecule has 168 valence electrons. The highest BCUT2D eigenvalue weighted by Crippen LogP contribution is 2.45. The third-order valence-corrected chi connectivity index (χ3v) is 6.88. The van der Waals surface area contributed by atoms with Gasteiger partial charge in [0.05, 0.1) is 12.6 Å². The molecule has 1 atom stereocenters. The van der Waals surface area contributed by atoms with E-state index in [4.69, 9.17) is 0 Å². The third kappa shape index (κ3) is 4.39. The molecule has 1 amide bonds. The summed E-state index contributed by atoms with van der Waals surface area (Å²) >= 11 is 1.79. The van der Waals surface area contributed by atoms with Crippen LogP contribution >= 0.6 is 11.3 Å². The van der Waals surface area contributed by atoms with Crippen LogP contribution in [0.5, 0.6) is 0 Å². The molecule has 33 heavy (non-hydrogen) atoms. The quantitative estimate of drug-likeness (QED) is 0.429. The SMILES string of the molecule is Cc1cnc(C(=O)Nc2cccc(-c3nnnn3[C@H](C)CO)n2)cc1-c1ccc(C2CC2)s1. The molecule has 4 heterocycles. The average Bonchev–Trinajstić information content (AvgIpc) is 3.35. The Balaban J connectivity index is 1.38. The van der Waals surface area contributed by atoms with E-state index in [1.165, 1.54) is 22.4 Å². The number of pyridine rings is 2. The first-order valence-corrected chi connectivity index (χ1v) is 11.6. The van der Waals surface area contributed by atoms with E-state index in [0.717, 1.165) is 16.0 Å². The van der Waals surface area contributed by atoms with E-state index in [1.807, 2.05) is 13.0 Å². The standard InChI is InChI=1S/C23H23N7O2S/c1-13-11-24-18(10-16(13)20-9-8-19(33-20)15-6-7-15)23(32)26-21-5-3-4-17(25-21)22-27-28-29-30(22)14(2)12-31/h3-5,8-11,14-15,31H,6-7,12H2,1-2H3,(H,25,26,32)/t14-/m1/s1. The number of anilines is 1. The van der Waals surface area contributed by atoms with Crippen molar-refractivity contribution in [3.63, 3.8) is 0 Å². The van der Waals surface area contributed by atoms with Gasteiger partial charge in [-0.3, -0.25) is 9.78 Å². The number of rotatable bonds is 7. The van der Waals surface area contributed by atoms with E-state index in [9.17, 15) is 9.90 Å². The zero-order valence-corrected chi connectivity index (χ0v) is 19.1. The summed E-state index contributed by atoms with van der Waals surface area (Å²) in [4.78, 5) is 24.3. The van der Waals surface area contributed by atoms with Gasteiger partial charge in [0.15, 0.2) is 0 Å². The zero-order valence-electron chi connectivity index (χ0n) is 18.3. The van der Waals surface area contributed by atoms with Gasteiger partial charge in [-0.2, -0.15) is 0 Å². The van der Waals surface area contributed by atoms with Crippen LogP contribution in [0.4, 0.5) is 5.82 Å². The van der Waals surface area contributed by atoms with E-state index in [1.54, 1.807) is 42.7 Å². The minimum absolute atomic E-state index is 0.109. The van der Waals surface area contributed by atoms with Crippen molar-refractivity contribution in [1.82, 2.24) is 30.2 Å². The molecule has 0 radical (unpaired) electrons. The lowest BCUT2D eigenvalue weighted by Crippen LogP contribution is -2.16. The fraction of sp³-hybridized carbons (Fsp3) is 0.304. The Morgan fingerprint density at radius 1 is 1.30 bits per heavy atom. The van der Waals surface area contributed by atoms with Gasteiger partial charge >= 0.3 is 0 Å². The number of aromatic nitrogens is 6. The predicted octanol–water partition coefficient (Wildman–Crippen LogP) is 3.85. The van der Waals surface area contributed by atoms with Crippen molar-refractivity contribution >= 4 is 23.1 Å². The number of aryl methyl sites for hydroxylation is 1. The van der Waals surface area contributed by atoms with E-state index >= 15 is 0 Å². The summed E-state index contributed by atoms with van der Waals surface area (Å²) in [6, 6.07) is 11.1. The number of amides is 1. The molecule has 5 rings (SSSR count). The summed E-state index contributed by atoms with van der Waals surface area (Å²) in [5, 5.41) is 23.9. The second-order valence-electron chi connectivity index (χ2n) is 8.20. The molecule has 1 saturated carbocycles. The fourth-order valence-corrected chi connectivity index (χ4v) is 4.80. The Morgan fingerprint density at radius 2 is 2.15 bits per heavy atom. The topological polar surface area (TPSA) is 119 Å². The average molecular weight is 462 g/mol. The lowest BCUT2D eigenvalue weighted by molar-refractivity contribution is 0.102. The number of hydrogen-bond acceptors (Lipinski definition) is 8. The van der Waals surface area contributed by atoms with E-state index in [0.29, 0.717) is 28.9 Å². The molecule has 2 N–H and O–H groups in total. The third-order valence-electron chi connectivity index (χ3n) is 5.60. The van der Waals surface area contributed by atoms with Gasteiger partial charge < -0.3 is 10.4 Å². The minimum Gasteiger partial charge on any atom is -0.394 e. The molecule has 1 aliphatic carbocycles. The number of aliphatic hydroxyl groups is 1. The molecular weight excluding hydrogens is 438 g/mol. The molecule has 0 aliphatic heterocycles. The van der Waals surface area contributed by atoms with E-state index < -0.39 is 0 Å². The van der Waals surface area contributed by atoms with Gasteiger partial charge in [0.25, 0.3) is 5.91 Å². The van der Waals surface area contributed by atoms with Gasteiger partial charge in [0.1, 0.15) is 17.2 Å². The van der Waals surface area contributed by atoms with Gasteiger partial charge in [0.2, 0.25) is 5.82 Å². The Hall–Kier alpha value is -3.50. The Kier molecular flexibility index (Phi) is 5.69. The summed E-state index contributed by atoms with van der Waals surface area (Å²) < 4.78 is 1.50. The van der Waals surface area contributed by atoms with Gasteiger partial charge in [0, 0.05) is 16.0 Å². The fourth-order valence-electron chi connectivity index (χ4n) is 3.54. The van der Waals surface area contributed by atoms with Crippen LogP contribution < -0.4 is 5.32 Å². The first-order valence-electron chi connectivity index (χ1n) is 10.8. The number of carbonyl (C=O) groups is 1. The smallest absolute Gasteiger partial charge is 0.275 e. The molecule has 0 saturated heterocycles. The number of nitrogens with one attached hydrogen (secondary N) is 1. The predicted molar refractivity (Wildman–Crippen MR) is 125 cm³/mol. The van der Waals surface area contributed by atoms with Gasteiger partial charge in [-0.1, -0.05) is 6.07 Å². The minimum atomic E-state index is -0.344. The van der Waals surface area contributed by atoms with Crippen molar-refractivity contribution in [3.05, 3.63) is 58.7 Å². The summed E-state index contributed by atoms with van der Waals surface area (Å²) in [6.07, 6.45) is 4.26. The molecule has 1 fully saturated rings. The first kappa shape index (κ1) is 21.4. The van der Waals surface area contributed by atoms with Gasteiger partial charge in [-0.15, -0.1) is 16.4 Å². The molecule has 4 aromatic heterocycles. The molecule has 4 aromatic rings. The maximum atomic E-state index is 13.0. The largest absolute Gasteiger partial charge is 0.394 e. The monoisotopic (exact) mass is 461 g/mol. The van der Waals surface area contributed by atoms with Crippen LogP contribution in [0, 0.1) is 6.92 Å². The van der Waals surface area contributed by atoms with Crippen molar-refractivity contribution < 1.29 is 9.90 Å². The van der Waals surface area contributed by atoms with Crippen molar-refractivity contribution in [2.75, 3.05) is 11.9 Å². The van der Waals surface area contributed by atoms with Crippen molar-refractivity contribution in [3.8, 4) is 22.0 Å². The summed E-state index contributed by atoms with van der Waals surface area (Å²) in [5.74, 6) is 1.13. The van der Waals surface area contributed by atoms with Crippen LogP contribution in [-0.4, -0.2) is 47.8 Å². The second-order valence-corrected chi connectivity index (χ2v) is 9.32. The van der Waals surface area contributed by atoms with E-state index in [2.05, 4.69) is 42.9 Å². The number of carbonyl (C=O) groups excluding carboxylic acids is 1. The van der Waals surface area contributed by atoms with E-state index in [-0.39, 0.29) is 18.6 Å². The summed E-state index contributed by atoms with van der Waals surface area (Å²) in [5.41, 5.74) is 2.86. The maximum absolute atomic E-state index is 13.0. The molecule has 10 heteroatoms. The first-order chi connectivity index (χ1) is 16.0. The molecule has 9 nitrogen and oxygen atoms in total. The van der Waals surface area contributed by atoms with Crippen molar-refractivity contribution in [2.45, 2.75) is 38.6 Å². The molecule has 0 bridgehead atoms. The highest BCUT2D eigenvalue weighted by molar-refractivity contribution is 7.15. The molecule has 0 unspecified atom stereocenters. The highest BCUT2D eigenvalue weighted by atomic mass is 32.1. The molecule has 0 aromatic carbocycles. The lowest BCUT2D eigenvalue weighted by atomic mass is 10.1. The summed E-state index contributed by atoms with van der Waals surface area (Å²) in [7, 11) is 0. The Morgan fingerprint density at radius 3 is 2.94 bits per heavy atom. The second kappa shape index (κ2) is 8.80. The Bertz CT molecular complexity index is 1310. The number of tetrazole rings is 1. The summed E-state index contributed by atoms with van der Waals surface area (Å²) in [6.45, 7) is 3.69. The molecule has 0 spiro atoms. The van der Waals surface area contributed by atoms with Crippen LogP contribution in [0.3, 0.4) is 0 Å². The zero-order chi connectivity index (χ0) is 22.9. The van der Waals surface area contributed by atoms with Crippen LogP contribution in [0.2, 0.25) is 0 Å². The number of thiophene rings is 1. The van der Waals surface area contributed by atoms with Crippen LogP contribution in [0.15, 0.2) is 42.6 Å². The maximum Gasteiger partial charge on any atom is 0.275 e. The van der Waals surface area contributed by atoms with Gasteiger partial charge in [-0.25, -0.2) is 9.67 Å². The van der Waals surface area contributed by atoms with Crippen molar-refractivity contribution in [1.29, 1.82) is 0 Å². The molecule has 1 aliphatic rings. The van der Waals surface area contributed by atoms with Crippen LogP contribution in [0.25, 0.3) is 22.0 Å². The highest BCUT2D eigenvalue weighted by Gasteiger charge is 2.25. The van der Waals surface area contributed by atoms with Crippen LogP contribution in [0.1, 0.15) is 52.7 Å². The van der Waals surface area contributed by atoms with Crippen LogP contribution in [-0.2, 0) is 0 Å². The lowest BCUT2D eigenvalue weighted by Gasteiger charge is -2.11.